The molecule has 164 valence electrons. The Hall–Kier alpha value is 0.274. The second kappa shape index (κ2) is 9.85. The third kappa shape index (κ3) is 8.27. The second-order valence-corrected chi connectivity index (χ2v) is 21.0. The summed E-state index contributed by atoms with van der Waals surface area (Å²) >= 11 is 0. The molecule has 0 spiro atoms. The van der Waals surface area contributed by atoms with E-state index in [1.807, 2.05) is 6.92 Å². The minimum Gasteiger partial charge on any atom is -0.416 e. The van der Waals surface area contributed by atoms with E-state index in [9.17, 15) is 10.2 Å². The Morgan fingerprint density at radius 3 is 1.63 bits per heavy atom. The molecule has 4 nitrogen and oxygen atoms in total. The van der Waals surface area contributed by atoms with E-state index in [1.54, 1.807) is 0 Å². The van der Waals surface area contributed by atoms with Gasteiger partial charge in [0, 0.05) is 25.0 Å². The van der Waals surface area contributed by atoms with Crippen molar-refractivity contribution in [3.63, 3.8) is 0 Å². The minimum atomic E-state index is -1.97. The second-order valence-electron chi connectivity index (χ2n) is 11.4. The van der Waals surface area contributed by atoms with Gasteiger partial charge in [0.1, 0.15) is 0 Å². The van der Waals surface area contributed by atoms with E-state index in [0.717, 1.165) is 0 Å². The van der Waals surface area contributed by atoms with Gasteiger partial charge < -0.3 is 19.1 Å². The summed E-state index contributed by atoms with van der Waals surface area (Å²) in [5.74, 6) is 0.0396. The van der Waals surface area contributed by atoms with Crippen molar-refractivity contribution in [1.29, 1.82) is 0 Å². The molecule has 0 radical (unpaired) electrons. The van der Waals surface area contributed by atoms with Crippen molar-refractivity contribution < 1.29 is 19.1 Å². The van der Waals surface area contributed by atoms with Gasteiger partial charge in [0.15, 0.2) is 16.6 Å². The van der Waals surface area contributed by atoms with Gasteiger partial charge in [0.05, 0.1) is 12.2 Å². The van der Waals surface area contributed by atoms with Crippen LogP contribution in [0, 0.1) is 11.8 Å². The standard InChI is InChI=1S/C21H48O4Si2/c1-16(14-22)18(23)13-19(25-27(11,12)21(6,7)8)17(2)15-24-26(9,10)20(3,4)5/h16-19,22-23H,13-15H2,1-12H3/t16-,17+,18-,19-/m0/s1. The van der Waals surface area contributed by atoms with Gasteiger partial charge in [-0.05, 0) is 42.7 Å². The summed E-state index contributed by atoms with van der Waals surface area (Å²) in [4.78, 5) is 0. The molecule has 4 atom stereocenters. The van der Waals surface area contributed by atoms with Crippen LogP contribution in [0.1, 0.15) is 61.8 Å². The molecule has 0 aliphatic heterocycles. The van der Waals surface area contributed by atoms with Crippen LogP contribution in [0.3, 0.4) is 0 Å². The highest BCUT2D eigenvalue weighted by Crippen LogP contribution is 2.40. The SMILES string of the molecule is C[C@H](CO[Si](C)(C)C(C)(C)C)[C@H](C[C@H](O)[C@@H](C)CO)O[Si](C)(C)C(C)(C)C. The van der Waals surface area contributed by atoms with Crippen LogP contribution in [0.4, 0.5) is 0 Å². The van der Waals surface area contributed by atoms with Crippen molar-refractivity contribution in [3.8, 4) is 0 Å². The topological polar surface area (TPSA) is 58.9 Å². The molecule has 0 unspecified atom stereocenters. The Labute approximate surface area is 171 Å². The molecule has 0 aromatic carbocycles. The normalized spacial score (nSPS) is 18.9. The molecule has 0 saturated heterocycles. The predicted octanol–water partition coefficient (Wildman–Crippen LogP) is 5.41. The Kier molecular flexibility index (Phi) is 9.95. The lowest BCUT2D eigenvalue weighted by atomic mass is 9.94. The molecule has 0 aliphatic rings. The van der Waals surface area contributed by atoms with Crippen molar-refractivity contribution >= 4 is 16.6 Å². The summed E-state index contributed by atoms with van der Waals surface area (Å²) in [6.45, 7) is 27.2. The summed E-state index contributed by atoms with van der Waals surface area (Å²) in [7, 11) is -3.80. The molecule has 0 fully saturated rings. The number of rotatable bonds is 10. The first-order valence-electron chi connectivity index (χ1n) is 10.5. The molecule has 0 aliphatic carbocycles. The van der Waals surface area contributed by atoms with Gasteiger partial charge in [-0.2, -0.15) is 0 Å². The van der Waals surface area contributed by atoms with Crippen LogP contribution in [0.5, 0.6) is 0 Å². The maximum absolute atomic E-state index is 10.5. The fourth-order valence-corrected chi connectivity index (χ4v) is 4.76. The quantitative estimate of drug-likeness (QED) is 0.464. The molecule has 0 heterocycles. The van der Waals surface area contributed by atoms with E-state index in [1.165, 1.54) is 0 Å². The lowest BCUT2D eigenvalue weighted by molar-refractivity contribution is 0.00678. The molecular weight excluding hydrogens is 372 g/mol. The smallest absolute Gasteiger partial charge is 0.192 e. The van der Waals surface area contributed by atoms with Crippen molar-refractivity contribution in [1.82, 2.24) is 0 Å². The van der Waals surface area contributed by atoms with E-state index in [4.69, 9.17) is 8.85 Å². The third-order valence-corrected chi connectivity index (χ3v) is 15.8. The highest BCUT2D eigenvalue weighted by molar-refractivity contribution is 6.74. The number of hydrogen-bond donors (Lipinski definition) is 2. The molecule has 0 aromatic heterocycles. The van der Waals surface area contributed by atoms with Crippen LogP contribution in [-0.2, 0) is 8.85 Å². The maximum Gasteiger partial charge on any atom is 0.192 e. The van der Waals surface area contributed by atoms with E-state index < -0.39 is 22.7 Å². The van der Waals surface area contributed by atoms with Gasteiger partial charge in [-0.3, -0.25) is 0 Å². The summed E-state index contributed by atoms with van der Waals surface area (Å²) in [6, 6.07) is 0. The molecule has 0 amide bonds. The fraction of sp³-hybridized carbons (Fsp3) is 1.00. The molecular formula is C21H48O4Si2. The minimum absolute atomic E-state index is 0.0111. The lowest BCUT2D eigenvalue weighted by Gasteiger charge is -2.43. The average Bonchev–Trinajstić information content (AvgIpc) is 2.48. The average molecular weight is 421 g/mol. The first kappa shape index (κ1) is 27.3. The zero-order valence-electron chi connectivity index (χ0n) is 20.1. The van der Waals surface area contributed by atoms with Crippen LogP contribution in [0.25, 0.3) is 0 Å². The van der Waals surface area contributed by atoms with E-state index in [0.29, 0.717) is 13.0 Å². The van der Waals surface area contributed by atoms with Gasteiger partial charge in [-0.1, -0.05) is 55.4 Å². The van der Waals surface area contributed by atoms with Crippen LogP contribution in [0.15, 0.2) is 0 Å². The van der Waals surface area contributed by atoms with Gasteiger partial charge in [0.2, 0.25) is 0 Å². The summed E-state index contributed by atoms with van der Waals surface area (Å²) in [5, 5.41) is 20.2. The Bertz CT molecular complexity index is 438. The van der Waals surface area contributed by atoms with Crippen molar-refractivity contribution in [2.75, 3.05) is 13.2 Å². The number of aliphatic hydroxyl groups excluding tert-OH is 2. The molecule has 0 aromatic rings. The largest absolute Gasteiger partial charge is 0.416 e. The lowest BCUT2D eigenvalue weighted by Crippen LogP contribution is -2.48. The van der Waals surface area contributed by atoms with Crippen molar-refractivity contribution in [3.05, 3.63) is 0 Å². The number of hydrogen-bond acceptors (Lipinski definition) is 4. The number of aliphatic hydroxyl groups is 2. The monoisotopic (exact) mass is 420 g/mol. The van der Waals surface area contributed by atoms with Gasteiger partial charge in [-0.15, -0.1) is 0 Å². The zero-order valence-corrected chi connectivity index (χ0v) is 22.1. The highest BCUT2D eigenvalue weighted by atomic mass is 28.4. The summed E-state index contributed by atoms with van der Waals surface area (Å²) < 4.78 is 13.2. The third-order valence-electron chi connectivity index (χ3n) is 6.82. The molecule has 0 rings (SSSR count). The van der Waals surface area contributed by atoms with Crippen LogP contribution in [0.2, 0.25) is 36.3 Å². The zero-order chi connectivity index (χ0) is 21.8. The molecule has 0 bridgehead atoms. The van der Waals surface area contributed by atoms with Crippen LogP contribution < -0.4 is 0 Å². The highest BCUT2D eigenvalue weighted by Gasteiger charge is 2.42. The Morgan fingerprint density at radius 2 is 1.26 bits per heavy atom. The summed E-state index contributed by atoms with van der Waals surface area (Å²) in [5.41, 5.74) is 0. The van der Waals surface area contributed by atoms with Crippen molar-refractivity contribution in [2.24, 2.45) is 11.8 Å². The Balaban J connectivity index is 5.34. The molecule has 6 heteroatoms. The first-order valence-corrected chi connectivity index (χ1v) is 16.3. The molecule has 0 saturated carbocycles. The summed E-state index contributed by atoms with van der Waals surface area (Å²) in [6.07, 6.45) is -0.101. The molecule has 2 N–H and O–H groups in total. The maximum atomic E-state index is 10.5. The van der Waals surface area contributed by atoms with Gasteiger partial charge >= 0.3 is 0 Å². The van der Waals surface area contributed by atoms with Crippen molar-refractivity contribution in [2.45, 2.75) is 110 Å². The van der Waals surface area contributed by atoms with E-state index in [-0.39, 0.29) is 34.6 Å². The van der Waals surface area contributed by atoms with E-state index in [2.05, 4.69) is 74.7 Å². The predicted molar refractivity (Wildman–Crippen MR) is 121 cm³/mol. The van der Waals surface area contributed by atoms with Gasteiger partial charge in [-0.25, -0.2) is 0 Å². The van der Waals surface area contributed by atoms with E-state index >= 15 is 0 Å². The fourth-order valence-electron chi connectivity index (χ4n) is 2.21. The Morgan fingerprint density at radius 1 is 0.815 bits per heavy atom. The molecule has 27 heavy (non-hydrogen) atoms. The van der Waals surface area contributed by atoms with Crippen LogP contribution in [-0.4, -0.2) is 52.3 Å². The van der Waals surface area contributed by atoms with Crippen LogP contribution >= 0.6 is 0 Å². The first-order chi connectivity index (χ1) is 11.9. The van der Waals surface area contributed by atoms with Gasteiger partial charge in [0.25, 0.3) is 0 Å².